The lowest BCUT2D eigenvalue weighted by atomic mass is 9.84. The van der Waals surface area contributed by atoms with Gasteiger partial charge in [-0.15, -0.1) is 0 Å². The quantitative estimate of drug-likeness (QED) is 0.682. The highest BCUT2D eigenvalue weighted by Crippen LogP contribution is 2.34. The molecule has 0 aromatic rings. The van der Waals surface area contributed by atoms with Gasteiger partial charge in [-0.05, 0) is 31.7 Å². The lowest BCUT2D eigenvalue weighted by molar-refractivity contribution is -0.00508. The zero-order valence-electron chi connectivity index (χ0n) is 8.39. The number of nitrogens with one attached hydrogen (secondary N) is 1. The van der Waals surface area contributed by atoms with Crippen LogP contribution in [0.4, 0.5) is 0 Å². The summed E-state index contributed by atoms with van der Waals surface area (Å²) in [5.41, 5.74) is -0.368. The maximum atomic E-state index is 10.3. The summed E-state index contributed by atoms with van der Waals surface area (Å²) in [6.07, 6.45) is 8.66. The number of hydrogen-bond donors (Lipinski definition) is 2. The number of hydrogen-bond acceptors (Lipinski definition) is 2. The first kappa shape index (κ1) is 9.47. The van der Waals surface area contributed by atoms with Crippen LogP contribution >= 0.6 is 0 Å². The molecule has 2 N–H and O–H groups in total. The van der Waals surface area contributed by atoms with Crippen molar-refractivity contribution in [2.24, 2.45) is 5.92 Å². The van der Waals surface area contributed by atoms with E-state index < -0.39 is 0 Å². The first-order valence-electron chi connectivity index (χ1n) is 5.72. The van der Waals surface area contributed by atoms with Gasteiger partial charge in [0.25, 0.3) is 0 Å². The Bertz CT molecular complexity index is 157. The van der Waals surface area contributed by atoms with Crippen molar-refractivity contribution in [3.8, 4) is 0 Å². The zero-order chi connectivity index (χ0) is 9.15. The maximum absolute atomic E-state index is 10.3. The maximum Gasteiger partial charge on any atom is 0.0774 e. The summed E-state index contributed by atoms with van der Waals surface area (Å²) < 4.78 is 0. The fraction of sp³-hybridized carbons (Fsp3) is 1.00. The second-order valence-corrected chi connectivity index (χ2v) is 4.86. The van der Waals surface area contributed by atoms with E-state index in [4.69, 9.17) is 0 Å². The van der Waals surface area contributed by atoms with E-state index in [1.807, 2.05) is 0 Å². The molecule has 76 valence electrons. The Morgan fingerprint density at radius 1 is 1.23 bits per heavy atom. The van der Waals surface area contributed by atoms with Crippen LogP contribution in [0.25, 0.3) is 0 Å². The standard InChI is InChI=1S/C11H21NO/c13-11(6-3-7-12-9-11)8-10-4-1-2-5-10/h10,12-13H,1-9H2. The van der Waals surface area contributed by atoms with Crippen LogP contribution in [0.15, 0.2) is 0 Å². The first-order valence-corrected chi connectivity index (χ1v) is 5.72. The topological polar surface area (TPSA) is 32.3 Å². The molecule has 2 nitrogen and oxygen atoms in total. The summed E-state index contributed by atoms with van der Waals surface area (Å²) in [5, 5.41) is 13.6. The third kappa shape index (κ3) is 2.44. The molecular weight excluding hydrogens is 162 g/mol. The van der Waals surface area contributed by atoms with Crippen molar-refractivity contribution in [1.82, 2.24) is 5.32 Å². The fourth-order valence-electron chi connectivity index (χ4n) is 2.88. The van der Waals surface area contributed by atoms with E-state index >= 15 is 0 Å². The fourth-order valence-corrected chi connectivity index (χ4v) is 2.88. The van der Waals surface area contributed by atoms with Gasteiger partial charge in [0.15, 0.2) is 0 Å². The molecule has 1 saturated heterocycles. The van der Waals surface area contributed by atoms with Crippen molar-refractivity contribution in [3.05, 3.63) is 0 Å². The van der Waals surface area contributed by atoms with Crippen molar-refractivity contribution >= 4 is 0 Å². The van der Waals surface area contributed by atoms with E-state index in [0.717, 1.165) is 38.3 Å². The summed E-state index contributed by atoms with van der Waals surface area (Å²) in [6.45, 7) is 1.91. The van der Waals surface area contributed by atoms with Crippen LogP contribution in [0.2, 0.25) is 0 Å². The van der Waals surface area contributed by atoms with Gasteiger partial charge in [0.05, 0.1) is 5.60 Å². The van der Waals surface area contributed by atoms with Gasteiger partial charge in [0.2, 0.25) is 0 Å². The molecule has 1 unspecified atom stereocenters. The minimum absolute atomic E-state index is 0.368. The van der Waals surface area contributed by atoms with Crippen LogP contribution in [0.5, 0.6) is 0 Å². The molecule has 0 spiro atoms. The van der Waals surface area contributed by atoms with Gasteiger partial charge < -0.3 is 10.4 Å². The number of aliphatic hydroxyl groups is 1. The SMILES string of the molecule is OC1(CC2CCCC2)CCCNC1. The molecule has 2 rings (SSSR count). The average molecular weight is 183 g/mol. The second-order valence-electron chi connectivity index (χ2n) is 4.86. The Hall–Kier alpha value is -0.0800. The Labute approximate surface area is 80.7 Å². The Morgan fingerprint density at radius 2 is 2.00 bits per heavy atom. The lowest BCUT2D eigenvalue weighted by Gasteiger charge is -2.34. The molecule has 1 aliphatic carbocycles. The van der Waals surface area contributed by atoms with Gasteiger partial charge in [0.1, 0.15) is 0 Å². The summed E-state index contributed by atoms with van der Waals surface area (Å²) in [5.74, 6) is 0.810. The Morgan fingerprint density at radius 3 is 2.62 bits per heavy atom. The molecule has 13 heavy (non-hydrogen) atoms. The van der Waals surface area contributed by atoms with Gasteiger partial charge in [0, 0.05) is 6.54 Å². The predicted molar refractivity (Wildman–Crippen MR) is 53.6 cm³/mol. The second kappa shape index (κ2) is 3.97. The summed E-state index contributed by atoms with van der Waals surface area (Å²) >= 11 is 0. The predicted octanol–water partition coefficient (Wildman–Crippen LogP) is 1.68. The van der Waals surface area contributed by atoms with Crippen LogP contribution in [0, 0.1) is 5.92 Å². The van der Waals surface area contributed by atoms with Gasteiger partial charge in [-0.3, -0.25) is 0 Å². The molecule has 2 fully saturated rings. The highest BCUT2D eigenvalue weighted by Gasteiger charge is 2.32. The van der Waals surface area contributed by atoms with Gasteiger partial charge in [-0.2, -0.15) is 0 Å². The number of piperidine rings is 1. The van der Waals surface area contributed by atoms with Crippen LogP contribution in [0.3, 0.4) is 0 Å². The molecule has 0 aromatic heterocycles. The van der Waals surface area contributed by atoms with E-state index in [-0.39, 0.29) is 5.60 Å². The lowest BCUT2D eigenvalue weighted by Crippen LogP contribution is -2.46. The van der Waals surface area contributed by atoms with Crippen molar-refractivity contribution < 1.29 is 5.11 Å². The van der Waals surface area contributed by atoms with E-state index in [0.29, 0.717) is 0 Å². The summed E-state index contributed by atoms with van der Waals surface area (Å²) in [7, 11) is 0. The molecule has 0 radical (unpaired) electrons. The Kier molecular flexibility index (Phi) is 2.89. The van der Waals surface area contributed by atoms with Crippen molar-refractivity contribution in [3.63, 3.8) is 0 Å². The average Bonchev–Trinajstić information content (AvgIpc) is 2.57. The molecular formula is C11H21NO. The van der Waals surface area contributed by atoms with Crippen LogP contribution in [-0.2, 0) is 0 Å². The highest BCUT2D eigenvalue weighted by molar-refractivity contribution is 4.88. The molecule has 0 aromatic carbocycles. The molecule has 1 heterocycles. The van der Waals surface area contributed by atoms with E-state index in [2.05, 4.69) is 5.32 Å². The third-order valence-electron chi connectivity index (χ3n) is 3.59. The minimum Gasteiger partial charge on any atom is -0.389 e. The Balaban J connectivity index is 1.83. The van der Waals surface area contributed by atoms with Gasteiger partial charge >= 0.3 is 0 Å². The van der Waals surface area contributed by atoms with Crippen LogP contribution in [-0.4, -0.2) is 23.8 Å². The van der Waals surface area contributed by atoms with Crippen molar-refractivity contribution in [2.75, 3.05) is 13.1 Å². The van der Waals surface area contributed by atoms with E-state index in [1.165, 1.54) is 25.7 Å². The molecule has 1 aliphatic heterocycles. The van der Waals surface area contributed by atoms with E-state index in [1.54, 1.807) is 0 Å². The monoisotopic (exact) mass is 183 g/mol. The number of β-amino-alcohol motifs (C(OH)–C–C–N with tert-alkyl or cyclic N) is 1. The highest BCUT2D eigenvalue weighted by atomic mass is 16.3. The van der Waals surface area contributed by atoms with Gasteiger partial charge in [-0.1, -0.05) is 25.7 Å². The summed E-state index contributed by atoms with van der Waals surface area (Å²) in [4.78, 5) is 0. The summed E-state index contributed by atoms with van der Waals surface area (Å²) in [6, 6.07) is 0. The number of rotatable bonds is 2. The van der Waals surface area contributed by atoms with Crippen molar-refractivity contribution in [1.29, 1.82) is 0 Å². The molecule has 0 amide bonds. The normalized spacial score (nSPS) is 36.7. The van der Waals surface area contributed by atoms with Crippen LogP contribution in [0.1, 0.15) is 44.9 Å². The largest absolute Gasteiger partial charge is 0.389 e. The minimum atomic E-state index is -0.368. The molecule has 2 heteroatoms. The van der Waals surface area contributed by atoms with Crippen LogP contribution < -0.4 is 5.32 Å². The first-order chi connectivity index (χ1) is 6.29. The molecule has 1 atom stereocenters. The van der Waals surface area contributed by atoms with Crippen molar-refractivity contribution in [2.45, 2.75) is 50.5 Å². The molecule has 2 aliphatic rings. The third-order valence-corrected chi connectivity index (χ3v) is 3.59. The van der Waals surface area contributed by atoms with Gasteiger partial charge in [-0.25, -0.2) is 0 Å². The van der Waals surface area contributed by atoms with E-state index in [9.17, 15) is 5.11 Å². The molecule has 1 saturated carbocycles. The zero-order valence-corrected chi connectivity index (χ0v) is 8.39. The molecule has 0 bridgehead atoms. The smallest absolute Gasteiger partial charge is 0.0774 e.